The lowest BCUT2D eigenvalue weighted by Crippen LogP contribution is -2.26. The Kier molecular flexibility index (Phi) is 4.68. The van der Waals surface area contributed by atoms with Crippen LogP contribution >= 0.6 is 12.6 Å². The number of hydrogen-bond donors (Lipinski definition) is 1. The molecule has 0 fully saturated rings. The van der Waals surface area contributed by atoms with Crippen molar-refractivity contribution in [3.8, 4) is 5.88 Å². The highest BCUT2D eigenvalue weighted by Crippen LogP contribution is 2.07. The van der Waals surface area contributed by atoms with Gasteiger partial charge in [0.05, 0.1) is 7.11 Å². The van der Waals surface area contributed by atoms with Crippen molar-refractivity contribution >= 4 is 12.6 Å². The summed E-state index contributed by atoms with van der Waals surface area (Å²) in [7, 11) is 1.53. The Morgan fingerprint density at radius 1 is 1.60 bits per heavy atom. The number of rotatable bonds is 5. The summed E-state index contributed by atoms with van der Waals surface area (Å²) in [6.45, 7) is 2.67. The van der Waals surface area contributed by atoms with Crippen molar-refractivity contribution in [1.82, 2.24) is 9.78 Å². The molecule has 0 amide bonds. The van der Waals surface area contributed by atoms with Gasteiger partial charge >= 0.3 is 0 Å². The molecule has 1 atom stereocenters. The molecule has 84 valence electrons. The Morgan fingerprint density at radius 2 is 2.33 bits per heavy atom. The van der Waals surface area contributed by atoms with Gasteiger partial charge in [-0.15, -0.1) is 5.10 Å². The average Bonchev–Trinajstić information content (AvgIpc) is 2.28. The van der Waals surface area contributed by atoms with Crippen molar-refractivity contribution in [2.75, 3.05) is 12.9 Å². The zero-order chi connectivity index (χ0) is 11.3. The quantitative estimate of drug-likeness (QED) is 0.770. The molecule has 0 aromatic carbocycles. The third-order valence-corrected chi connectivity index (χ3v) is 2.83. The van der Waals surface area contributed by atoms with Gasteiger partial charge in [-0.25, -0.2) is 4.68 Å². The molecule has 0 saturated heterocycles. The predicted octanol–water partition coefficient (Wildman–Crippen LogP) is 1.21. The van der Waals surface area contributed by atoms with E-state index in [2.05, 4.69) is 24.7 Å². The van der Waals surface area contributed by atoms with Gasteiger partial charge in [0.25, 0.3) is 5.56 Å². The standard InChI is InChI=1S/C10H16N2O2S/c1-3-8(7-15)6-12-10(13)5-4-9(11-12)14-2/h4-5,8,15H,3,6-7H2,1-2H3. The van der Waals surface area contributed by atoms with Crippen LogP contribution in [0.25, 0.3) is 0 Å². The highest BCUT2D eigenvalue weighted by molar-refractivity contribution is 7.80. The molecule has 0 bridgehead atoms. The first-order valence-electron chi connectivity index (χ1n) is 4.94. The number of nitrogens with zero attached hydrogens (tertiary/aromatic N) is 2. The summed E-state index contributed by atoms with van der Waals surface area (Å²) in [4.78, 5) is 11.5. The molecule has 0 aliphatic carbocycles. The number of hydrogen-bond acceptors (Lipinski definition) is 4. The maximum Gasteiger partial charge on any atom is 0.266 e. The minimum atomic E-state index is -0.101. The minimum Gasteiger partial charge on any atom is -0.480 e. The normalized spacial score (nSPS) is 12.5. The lowest BCUT2D eigenvalue weighted by molar-refractivity contribution is 0.359. The summed E-state index contributed by atoms with van der Waals surface area (Å²) in [5.74, 6) is 1.58. The van der Waals surface area contributed by atoms with Crippen molar-refractivity contribution in [2.45, 2.75) is 19.9 Å². The van der Waals surface area contributed by atoms with Crippen LogP contribution < -0.4 is 10.3 Å². The summed E-state index contributed by atoms with van der Waals surface area (Å²) >= 11 is 4.23. The van der Waals surface area contributed by atoms with E-state index in [9.17, 15) is 4.79 Å². The second-order valence-electron chi connectivity index (χ2n) is 3.35. The molecule has 4 nitrogen and oxygen atoms in total. The van der Waals surface area contributed by atoms with E-state index in [0.29, 0.717) is 18.3 Å². The van der Waals surface area contributed by atoms with Crippen LogP contribution in [0.1, 0.15) is 13.3 Å². The lowest BCUT2D eigenvalue weighted by atomic mass is 10.1. The van der Waals surface area contributed by atoms with Crippen LogP contribution in [-0.4, -0.2) is 22.6 Å². The highest BCUT2D eigenvalue weighted by Gasteiger charge is 2.07. The number of ether oxygens (including phenoxy) is 1. The lowest BCUT2D eigenvalue weighted by Gasteiger charge is -2.12. The van der Waals surface area contributed by atoms with Crippen LogP contribution in [-0.2, 0) is 6.54 Å². The van der Waals surface area contributed by atoms with Gasteiger partial charge in [0.15, 0.2) is 0 Å². The van der Waals surface area contributed by atoms with Gasteiger partial charge < -0.3 is 4.74 Å². The van der Waals surface area contributed by atoms with Crippen LogP contribution in [0, 0.1) is 5.92 Å². The second kappa shape index (κ2) is 5.80. The van der Waals surface area contributed by atoms with Crippen molar-refractivity contribution in [3.05, 3.63) is 22.5 Å². The molecular weight excluding hydrogens is 212 g/mol. The van der Waals surface area contributed by atoms with E-state index < -0.39 is 0 Å². The van der Waals surface area contributed by atoms with Crippen LogP contribution in [0.2, 0.25) is 0 Å². The Balaban J connectivity index is 2.87. The third kappa shape index (κ3) is 3.27. The monoisotopic (exact) mass is 228 g/mol. The Hall–Kier alpha value is -0.970. The molecule has 0 spiro atoms. The van der Waals surface area contributed by atoms with Gasteiger partial charge in [-0.3, -0.25) is 4.79 Å². The molecule has 15 heavy (non-hydrogen) atoms. The maximum atomic E-state index is 11.5. The Bertz CT molecular complexity index is 361. The molecule has 1 rings (SSSR count). The fourth-order valence-electron chi connectivity index (χ4n) is 1.23. The number of aromatic nitrogens is 2. The Morgan fingerprint density at radius 3 is 2.87 bits per heavy atom. The predicted molar refractivity (Wildman–Crippen MR) is 62.7 cm³/mol. The van der Waals surface area contributed by atoms with Crippen molar-refractivity contribution in [3.63, 3.8) is 0 Å². The molecule has 1 aromatic rings. The molecule has 1 heterocycles. The van der Waals surface area contributed by atoms with Crippen LogP contribution in [0.5, 0.6) is 5.88 Å². The second-order valence-corrected chi connectivity index (χ2v) is 3.72. The summed E-state index contributed by atoms with van der Waals surface area (Å²) in [6.07, 6.45) is 0.981. The van der Waals surface area contributed by atoms with Gasteiger partial charge in [-0.2, -0.15) is 12.6 Å². The van der Waals surface area contributed by atoms with E-state index in [1.807, 2.05) is 0 Å². The molecule has 1 aromatic heterocycles. The summed E-state index contributed by atoms with van der Waals surface area (Å²) in [5, 5.41) is 4.07. The van der Waals surface area contributed by atoms with E-state index in [0.717, 1.165) is 12.2 Å². The van der Waals surface area contributed by atoms with E-state index in [4.69, 9.17) is 4.74 Å². The summed E-state index contributed by atoms with van der Waals surface area (Å²) in [6, 6.07) is 3.04. The van der Waals surface area contributed by atoms with Gasteiger partial charge in [0.1, 0.15) is 0 Å². The van der Waals surface area contributed by atoms with Gasteiger partial charge in [-0.05, 0) is 11.7 Å². The summed E-state index contributed by atoms with van der Waals surface area (Å²) < 4.78 is 6.40. The molecule has 0 radical (unpaired) electrons. The minimum absolute atomic E-state index is 0.101. The smallest absolute Gasteiger partial charge is 0.266 e. The zero-order valence-electron chi connectivity index (χ0n) is 9.01. The third-order valence-electron chi connectivity index (χ3n) is 2.32. The molecule has 0 aliphatic rings. The van der Waals surface area contributed by atoms with Gasteiger partial charge in [0, 0.05) is 18.7 Å². The maximum absolute atomic E-state index is 11.5. The average molecular weight is 228 g/mol. The fraction of sp³-hybridized carbons (Fsp3) is 0.600. The molecule has 5 heteroatoms. The number of methoxy groups -OCH3 is 1. The van der Waals surface area contributed by atoms with E-state index in [-0.39, 0.29) is 5.56 Å². The van der Waals surface area contributed by atoms with Crippen molar-refractivity contribution in [2.24, 2.45) is 5.92 Å². The topological polar surface area (TPSA) is 44.1 Å². The van der Waals surface area contributed by atoms with E-state index in [1.165, 1.54) is 17.9 Å². The van der Waals surface area contributed by atoms with Crippen LogP contribution in [0.15, 0.2) is 16.9 Å². The highest BCUT2D eigenvalue weighted by atomic mass is 32.1. The van der Waals surface area contributed by atoms with E-state index in [1.54, 1.807) is 6.07 Å². The van der Waals surface area contributed by atoms with Gasteiger partial charge in [0.2, 0.25) is 5.88 Å². The fourth-order valence-corrected chi connectivity index (χ4v) is 1.60. The largest absolute Gasteiger partial charge is 0.480 e. The molecular formula is C10H16N2O2S. The first-order chi connectivity index (χ1) is 7.21. The zero-order valence-corrected chi connectivity index (χ0v) is 9.91. The van der Waals surface area contributed by atoms with Crippen LogP contribution in [0.3, 0.4) is 0 Å². The molecule has 0 saturated carbocycles. The van der Waals surface area contributed by atoms with Crippen molar-refractivity contribution in [1.29, 1.82) is 0 Å². The van der Waals surface area contributed by atoms with Gasteiger partial charge in [-0.1, -0.05) is 13.3 Å². The SMILES string of the molecule is CCC(CS)Cn1nc(OC)ccc1=O. The first kappa shape index (κ1) is 12.1. The van der Waals surface area contributed by atoms with E-state index >= 15 is 0 Å². The van der Waals surface area contributed by atoms with Crippen molar-refractivity contribution < 1.29 is 4.74 Å². The molecule has 1 unspecified atom stereocenters. The number of thiol groups is 1. The van der Waals surface area contributed by atoms with Crippen LogP contribution in [0.4, 0.5) is 0 Å². The first-order valence-corrected chi connectivity index (χ1v) is 5.57. The molecule has 0 aliphatic heterocycles. The Labute approximate surface area is 94.7 Å². The summed E-state index contributed by atoms with van der Waals surface area (Å²) in [5.41, 5.74) is -0.101. The molecule has 0 N–H and O–H groups in total.